The number of carbonyl (C=O) groups is 1. The highest BCUT2D eigenvalue weighted by atomic mass is 16.2. The first-order valence-corrected chi connectivity index (χ1v) is 7.98. The van der Waals surface area contributed by atoms with Gasteiger partial charge in [0.25, 0.3) is 5.56 Å². The number of H-pyrrole nitrogens is 2. The van der Waals surface area contributed by atoms with Gasteiger partial charge in [0.1, 0.15) is 0 Å². The van der Waals surface area contributed by atoms with E-state index < -0.39 is 0 Å². The number of aromatic nitrogens is 4. The fraction of sp³-hybridized carbons (Fsp3) is 0.467. The third kappa shape index (κ3) is 4.58. The topological polar surface area (TPSA) is 128 Å². The summed E-state index contributed by atoms with van der Waals surface area (Å²) in [5.41, 5.74) is 2.40. The molecule has 0 aromatic carbocycles. The van der Waals surface area contributed by atoms with Gasteiger partial charge in [-0.3, -0.25) is 14.9 Å². The quantitative estimate of drug-likeness (QED) is 0.474. The van der Waals surface area contributed by atoms with E-state index in [1.807, 2.05) is 6.07 Å². The van der Waals surface area contributed by atoms with Gasteiger partial charge in [0.15, 0.2) is 0 Å². The minimum atomic E-state index is -0.259. The summed E-state index contributed by atoms with van der Waals surface area (Å²) in [6.45, 7) is 3.01. The molecule has 0 spiro atoms. The molecule has 0 atom stereocenters. The third-order valence-electron chi connectivity index (χ3n) is 3.66. The first-order chi connectivity index (χ1) is 11.6. The van der Waals surface area contributed by atoms with E-state index >= 15 is 0 Å². The molecule has 3 rings (SSSR count). The van der Waals surface area contributed by atoms with Crippen LogP contribution in [0.15, 0.2) is 16.9 Å². The molecule has 2 heterocycles. The average molecular weight is 331 g/mol. The van der Waals surface area contributed by atoms with Crippen molar-refractivity contribution >= 4 is 12.0 Å². The zero-order valence-corrected chi connectivity index (χ0v) is 13.5. The lowest BCUT2D eigenvalue weighted by atomic mass is 10.3. The molecule has 0 saturated heterocycles. The Hall–Kier alpha value is -2.84. The highest BCUT2D eigenvalue weighted by molar-refractivity contribution is 5.73. The van der Waals surface area contributed by atoms with Crippen LogP contribution in [0.4, 0.5) is 10.7 Å². The number of amides is 2. The molecule has 5 N–H and O–H groups in total. The van der Waals surface area contributed by atoms with Crippen LogP contribution in [-0.2, 0) is 6.54 Å². The number of aromatic amines is 2. The Morgan fingerprint density at radius 2 is 2.12 bits per heavy atom. The van der Waals surface area contributed by atoms with E-state index in [0.29, 0.717) is 37.2 Å². The number of anilines is 1. The molecule has 9 heteroatoms. The molecule has 1 aliphatic rings. The van der Waals surface area contributed by atoms with E-state index in [9.17, 15) is 9.59 Å². The van der Waals surface area contributed by atoms with Gasteiger partial charge >= 0.3 is 6.03 Å². The molecule has 1 fully saturated rings. The van der Waals surface area contributed by atoms with Crippen LogP contribution in [-0.4, -0.2) is 39.3 Å². The zero-order chi connectivity index (χ0) is 16.9. The van der Waals surface area contributed by atoms with Gasteiger partial charge in [-0.15, -0.1) is 0 Å². The van der Waals surface area contributed by atoms with Crippen molar-refractivity contribution in [2.75, 3.05) is 18.4 Å². The smallest absolute Gasteiger partial charge is 0.315 e. The molecule has 0 bridgehead atoms. The second-order valence-corrected chi connectivity index (χ2v) is 5.86. The van der Waals surface area contributed by atoms with Crippen molar-refractivity contribution in [2.45, 2.75) is 32.2 Å². The number of hydrogen-bond acceptors (Lipinski definition) is 5. The normalized spacial score (nSPS) is 13.5. The summed E-state index contributed by atoms with van der Waals surface area (Å²) in [6, 6.07) is 3.16. The Kier molecular flexibility index (Phi) is 4.78. The van der Waals surface area contributed by atoms with Gasteiger partial charge in [0, 0.05) is 30.8 Å². The molecule has 128 valence electrons. The van der Waals surface area contributed by atoms with Gasteiger partial charge in [-0.25, -0.2) is 9.78 Å². The van der Waals surface area contributed by atoms with Gasteiger partial charge < -0.3 is 16.0 Å². The summed E-state index contributed by atoms with van der Waals surface area (Å²) in [6.07, 6.45) is 2.40. The van der Waals surface area contributed by atoms with Crippen molar-refractivity contribution in [3.8, 4) is 0 Å². The van der Waals surface area contributed by atoms with E-state index in [0.717, 1.165) is 11.4 Å². The summed E-state index contributed by atoms with van der Waals surface area (Å²) in [7, 11) is 0. The standard InChI is InChI=1S/C15H21N7O2/c1-9-6-13(23)20-14(19-9)16-4-5-17-15(24)18-8-11-7-12(22-21-11)10-2-3-10/h6-7,10H,2-5,8H2,1H3,(H,21,22)(H2,17,18,24)(H2,16,19,20,23). The number of nitrogens with zero attached hydrogens (tertiary/aromatic N) is 2. The fourth-order valence-electron chi connectivity index (χ4n) is 2.32. The summed E-state index contributed by atoms with van der Waals surface area (Å²) in [5, 5.41) is 15.6. The van der Waals surface area contributed by atoms with Gasteiger partial charge in [0.05, 0.1) is 17.9 Å². The second kappa shape index (κ2) is 7.16. The van der Waals surface area contributed by atoms with Gasteiger partial charge in [0.2, 0.25) is 5.95 Å². The molecule has 0 unspecified atom stereocenters. The minimum absolute atomic E-state index is 0.208. The maximum absolute atomic E-state index is 11.7. The summed E-state index contributed by atoms with van der Waals surface area (Å²) in [4.78, 5) is 29.8. The predicted molar refractivity (Wildman–Crippen MR) is 88.9 cm³/mol. The molecule has 9 nitrogen and oxygen atoms in total. The number of aryl methyl sites for hydroxylation is 1. The molecular formula is C15H21N7O2. The molecule has 24 heavy (non-hydrogen) atoms. The van der Waals surface area contributed by atoms with Crippen LogP contribution in [0, 0.1) is 6.92 Å². The lowest BCUT2D eigenvalue weighted by molar-refractivity contribution is 0.240. The van der Waals surface area contributed by atoms with Gasteiger partial charge in [-0.1, -0.05) is 0 Å². The van der Waals surface area contributed by atoms with Crippen molar-refractivity contribution < 1.29 is 4.79 Å². The van der Waals surface area contributed by atoms with Crippen molar-refractivity contribution in [3.63, 3.8) is 0 Å². The first-order valence-electron chi connectivity index (χ1n) is 7.98. The highest BCUT2D eigenvalue weighted by Crippen LogP contribution is 2.38. The van der Waals surface area contributed by atoms with Crippen LogP contribution in [0.5, 0.6) is 0 Å². The van der Waals surface area contributed by atoms with Crippen molar-refractivity contribution in [3.05, 3.63) is 39.6 Å². The van der Waals surface area contributed by atoms with Crippen LogP contribution < -0.4 is 21.5 Å². The monoisotopic (exact) mass is 331 g/mol. The first kappa shape index (κ1) is 16.0. The molecule has 2 aromatic rings. The van der Waals surface area contributed by atoms with Crippen molar-refractivity contribution in [2.24, 2.45) is 0 Å². The Morgan fingerprint density at radius 3 is 2.88 bits per heavy atom. The Labute approximate surface area is 138 Å². The molecule has 0 radical (unpaired) electrons. The lowest BCUT2D eigenvalue weighted by Gasteiger charge is -2.08. The highest BCUT2D eigenvalue weighted by Gasteiger charge is 2.25. The molecular weight excluding hydrogens is 310 g/mol. The Bertz CT molecular complexity index is 763. The van der Waals surface area contributed by atoms with E-state index in [2.05, 4.69) is 36.1 Å². The number of urea groups is 1. The van der Waals surface area contributed by atoms with E-state index in [1.54, 1.807) is 6.92 Å². The number of hydrogen-bond donors (Lipinski definition) is 5. The van der Waals surface area contributed by atoms with Crippen LogP contribution >= 0.6 is 0 Å². The largest absolute Gasteiger partial charge is 0.354 e. The van der Waals surface area contributed by atoms with Crippen molar-refractivity contribution in [1.29, 1.82) is 0 Å². The molecule has 2 aromatic heterocycles. The van der Waals surface area contributed by atoms with Crippen LogP contribution in [0.25, 0.3) is 0 Å². The van der Waals surface area contributed by atoms with Crippen LogP contribution in [0.2, 0.25) is 0 Å². The number of nitrogens with one attached hydrogen (secondary N) is 5. The number of rotatable bonds is 7. The average Bonchev–Trinajstić information content (AvgIpc) is 3.27. The zero-order valence-electron chi connectivity index (χ0n) is 13.5. The SMILES string of the molecule is Cc1cc(=O)[nH]c(NCCNC(=O)NCc2cc(C3CC3)n[nH]2)n1. The maximum Gasteiger partial charge on any atom is 0.315 e. The van der Waals surface area contributed by atoms with Crippen LogP contribution in [0.3, 0.4) is 0 Å². The third-order valence-corrected chi connectivity index (χ3v) is 3.66. The summed E-state index contributed by atoms with van der Waals surface area (Å²) < 4.78 is 0. The minimum Gasteiger partial charge on any atom is -0.354 e. The molecule has 0 aliphatic heterocycles. The Balaban J connectivity index is 1.33. The van der Waals surface area contributed by atoms with Crippen molar-refractivity contribution in [1.82, 2.24) is 30.8 Å². The molecule has 1 saturated carbocycles. The van der Waals surface area contributed by atoms with E-state index in [-0.39, 0.29) is 11.6 Å². The van der Waals surface area contributed by atoms with E-state index in [4.69, 9.17) is 0 Å². The number of carbonyl (C=O) groups excluding carboxylic acids is 1. The molecule has 1 aliphatic carbocycles. The van der Waals surface area contributed by atoms with E-state index in [1.165, 1.54) is 18.9 Å². The molecule has 2 amide bonds. The van der Waals surface area contributed by atoms with Gasteiger partial charge in [-0.2, -0.15) is 5.10 Å². The Morgan fingerprint density at radius 1 is 1.29 bits per heavy atom. The summed E-state index contributed by atoms with van der Waals surface area (Å²) >= 11 is 0. The lowest BCUT2D eigenvalue weighted by Crippen LogP contribution is -2.37. The fourth-order valence-corrected chi connectivity index (χ4v) is 2.32. The summed E-state index contributed by atoms with van der Waals surface area (Å²) in [5.74, 6) is 0.990. The van der Waals surface area contributed by atoms with Gasteiger partial charge in [-0.05, 0) is 25.8 Å². The predicted octanol–water partition coefficient (Wildman–Crippen LogP) is 0.590. The van der Waals surface area contributed by atoms with Crippen LogP contribution in [0.1, 0.15) is 35.8 Å². The maximum atomic E-state index is 11.7. The second-order valence-electron chi connectivity index (χ2n) is 5.86.